The van der Waals surface area contributed by atoms with E-state index in [1.165, 1.54) is 6.07 Å². The summed E-state index contributed by atoms with van der Waals surface area (Å²) in [5, 5.41) is 9.12. The third kappa shape index (κ3) is 2.57. The molecule has 0 atom stereocenters. The highest BCUT2D eigenvalue weighted by Crippen LogP contribution is 2.29. The van der Waals surface area contributed by atoms with Crippen LogP contribution in [0.25, 0.3) is 0 Å². The van der Waals surface area contributed by atoms with Gasteiger partial charge in [-0.25, -0.2) is 4.79 Å². The van der Waals surface area contributed by atoms with Crippen LogP contribution in [-0.4, -0.2) is 34.0 Å². The zero-order valence-corrected chi connectivity index (χ0v) is 12.2. The van der Waals surface area contributed by atoms with Gasteiger partial charge in [0.1, 0.15) is 11.3 Å². The minimum Gasteiger partial charge on any atom is -0.478 e. The van der Waals surface area contributed by atoms with E-state index in [1.807, 2.05) is 25.7 Å². The molecule has 5 nitrogen and oxygen atoms in total. The van der Waals surface area contributed by atoms with Crippen LogP contribution in [0, 0.1) is 0 Å². The number of nitrogens with zero attached hydrogens (tertiary/aromatic N) is 1. The summed E-state index contributed by atoms with van der Waals surface area (Å²) in [7, 11) is 0. The minimum atomic E-state index is -1.05. The summed E-state index contributed by atoms with van der Waals surface area (Å²) in [6.45, 7) is 5.75. The van der Waals surface area contributed by atoms with Gasteiger partial charge in [-0.1, -0.05) is 6.92 Å². The number of carboxylic acids is 1. The number of aryl methyl sites for hydroxylation is 1. The number of amides is 1. The van der Waals surface area contributed by atoms with Gasteiger partial charge < -0.3 is 14.4 Å². The Bertz CT molecular complexity index is 514. The lowest BCUT2D eigenvalue weighted by molar-refractivity contribution is 0.0455. The molecule has 1 aliphatic rings. The van der Waals surface area contributed by atoms with Gasteiger partial charge in [-0.2, -0.15) is 0 Å². The highest BCUT2D eigenvalue weighted by Gasteiger charge is 2.33. The van der Waals surface area contributed by atoms with Crippen LogP contribution in [0.5, 0.6) is 0 Å². The number of aromatic carboxylic acids is 1. The summed E-state index contributed by atoms with van der Waals surface area (Å²) in [6, 6.07) is 1.69. The second-order valence-electron chi connectivity index (χ2n) is 5.50. The topological polar surface area (TPSA) is 70.8 Å². The first kappa shape index (κ1) is 14.6. The quantitative estimate of drug-likeness (QED) is 0.899. The molecule has 0 aromatic carbocycles. The van der Waals surface area contributed by atoms with Crippen molar-refractivity contribution < 1.29 is 19.1 Å². The van der Waals surface area contributed by atoms with Crippen LogP contribution < -0.4 is 0 Å². The molecule has 1 N–H and O–H groups in total. The predicted octanol–water partition coefficient (Wildman–Crippen LogP) is 2.94. The van der Waals surface area contributed by atoms with E-state index >= 15 is 0 Å². The Labute approximate surface area is 118 Å². The van der Waals surface area contributed by atoms with Crippen LogP contribution in [0.1, 0.15) is 66.7 Å². The van der Waals surface area contributed by atoms with Gasteiger partial charge in [0.05, 0.1) is 0 Å². The monoisotopic (exact) mass is 279 g/mol. The van der Waals surface area contributed by atoms with Crippen molar-refractivity contribution in [3.63, 3.8) is 0 Å². The molecular weight excluding hydrogens is 258 g/mol. The number of hydrogen-bond acceptors (Lipinski definition) is 3. The van der Waals surface area contributed by atoms with Crippen molar-refractivity contribution in [1.82, 2.24) is 4.90 Å². The number of carboxylic acid groups (broad SMARTS) is 1. The first-order valence-corrected chi connectivity index (χ1v) is 7.14. The van der Waals surface area contributed by atoms with Crippen molar-refractivity contribution in [2.75, 3.05) is 0 Å². The molecule has 0 bridgehead atoms. The molecule has 110 valence electrons. The maximum Gasteiger partial charge on any atom is 0.339 e. The van der Waals surface area contributed by atoms with E-state index in [9.17, 15) is 9.59 Å². The van der Waals surface area contributed by atoms with E-state index in [1.54, 1.807) is 0 Å². The van der Waals surface area contributed by atoms with Gasteiger partial charge in [-0.05, 0) is 33.1 Å². The number of carbonyl (C=O) groups excluding carboxylic acids is 1. The molecule has 1 aromatic heterocycles. The molecule has 0 radical (unpaired) electrons. The highest BCUT2D eigenvalue weighted by molar-refractivity contribution is 5.96. The number of carbonyl (C=O) groups is 2. The Morgan fingerprint density at radius 1 is 1.45 bits per heavy atom. The van der Waals surface area contributed by atoms with Crippen LogP contribution in [0.4, 0.5) is 0 Å². The van der Waals surface area contributed by atoms with Gasteiger partial charge in [0.15, 0.2) is 5.76 Å². The van der Waals surface area contributed by atoms with Gasteiger partial charge >= 0.3 is 5.97 Å². The minimum absolute atomic E-state index is 0.0799. The molecule has 1 saturated carbocycles. The Kier molecular flexibility index (Phi) is 4.16. The lowest BCUT2D eigenvalue weighted by Crippen LogP contribution is -2.48. The van der Waals surface area contributed by atoms with Crippen molar-refractivity contribution in [1.29, 1.82) is 0 Å². The number of rotatable bonds is 5. The molecule has 20 heavy (non-hydrogen) atoms. The summed E-state index contributed by atoms with van der Waals surface area (Å²) >= 11 is 0. The maximum absolute atomic E-state index is 12.6. The van der Waals surface area contributed by atoms with Crippen LogP contribution in [0.15, 0.2) is 10.5 Å². The first-order valence-electron chi connectivity index (χ1n) is 7.14. The second kappa shape index (κ2) is 5.69. The summed E-state index contributed by atoms with van der Waals surface area (Å²) in [5.41, 5.74) is 0.0909. The summed E-state index contributed by atoms with van der Waals surface area (Å²) in [6.07, 6.45) is 3.62. The molecule has 0 spiro atoms. The molecule has 0 unspecified atom stereocenters. The van der Waals surface area contributed by atoms with Crippen LogP contribution in [0.3, 0.4) is 0 Å². The Morgan fingerprint density at radius 2 is 2.10 bits per heavy atom. The van der Waals surface area contributed by atoms with Crippen molar-refractivity contribution in [3.05, 3.63) is 23.2 Å². The standard InChI is InChI=1S/C15H21NO4/c1-4-12-11(15(18)19)8-13(20-12)14(17)16(9(2)3)10-6-5-7-10/h8-10H,4-7H2,1-3H3,(H,18,19). The van der Waals surface area contributed by atoms with Crippen molar-refractivity contribution in [2.45, 2.75) is 58.5 Å². The fourth-order valence-electron chi connectivity index (χ4n) is 2.59. The average Bonchev–Trinajstić information content (AvgIpc) is 2.76. The summed E-state index contributed by atoms with van der Waals surface area (Å²) in [5.74, 6) is -0.755. The van der Waals surface area contributed by atoms with Crippen LogP contribution in [-0.2, 0) is 6.42 Å². The van der Waals surface area contributed by atoms with E-state index in [-0.39, 0.29) is 29.3 Å². The van der Waals surface area contributed by atoms with Gasteiger partial charge in [0.2, 0.25) is 0 Å². The Balaban J connectivity index is 2.29. The van der Waals surface area contributed by atoms with E-state index in [0.717, 1.165) is 19.3 Å². The van der Waals surface area contributed by atoms with E-state index in [2.05, 4.69) is 0 Å². The number of hydrogen-bond donors (Lipinski definition) is 1. The summed E-state index contributed by atoms with van der Waals surface area (Å²) < 4.78 is 5.46. The van der Waals surface area contributed by atoms with Crippen molar-refractivity contribution in [3.8, 4) is 0 Å². The SMILES string of the molecule is CCc1oc(C(=O)N(C(C)C)C2CCC2)cc1C(=O)O. The Hall–Kier alpha value is -1.78. The lowest BCUT2D eigenvalue weighted by atomic mass is 9.90. The normalized spacial score (nSPS) is 15.2. The van der Waals surface area contributed by atoms with E-state index in [0.29, 0.717) is 12.2 Å². The third-order valence-corrected chi connectivity index (χ3v) is 3.83. The van der Waals surface area contributed by atoms with Crippen LogP contribution in [0.2, 0.25) is 0 Å². The molecule has 0 saturated heterocycles. The smallest absolute Gasteiger partial charge is 0.339 e. The molecule has 5 heteroatoms. The van der Waals surface area contributed by atoms with Gasteiger partial charge in [-0.15, -0.1) is 0 Å². The first-order chi connectivity index (χ1) is 9.45. The molecule has 0 aliphatic heterocycles. The van der Waals surface area contributed by atoms with Crippen molar-refractivity contribution in [2.24, 2.45) is 0 Å². The zero-order valence-electron chi connectivity index (χ0n) is 12.2. The molecule has 1 fully saturated rings. The summed E-state index contributed by atoms with van der Waals surface area (Å²) in [4.78, 5) is 25.5. The molecule has 1 aromatic rings. The van der Waals surface area contributed by atoms with E-state index < -0.39 is 5.97 Å². The predicted molar refractivity (Wildman–Crippen MR) is 74.0 cm³/mol. The molecule has 1 heterocycles. The Morgan fingerprint density at radius 3 is 2.45 bits per heavy atom. The fraction of sp³-hybridized carbons (Fsp3) is 0.600. The van der Waals surface area contributed by atoms with Crippen LogP contribution >= 0.6 is 0 Å². The molecule has 1 amide bonds. The lowest BCUT2D eigenvalue weighted by Gasteiger charge is -2.39. The molecule has 2 rings (SSSR count). The third-order valence-electron chi connectivity index (χ3n) is 3.83. The van der Waals surface area contributed by atoms with Gasteiger partial charge in [0, 0.05) is 24.6 Å². The van der Waals surface area contributed by atoms with Gasteiger partial charge in [0.25, 0.3) is 5.91 Å². The largest absolute Gasteiger partial charge is 0.478 e. The molecule has 1 aliphatic carbocycles. The fourth-order valence-corrected chi connectivity index (χ4v) is 2.59. The van der Waals surface area contributed by atoms with Crippen molar-refractivity contribution >= 4 is 11.9 Å². The van der Waals surface area contributed by atoms with Gasteiger partial charge in [-0.3, -0.25) is 4.79 Å². The maximum atomic E-state index is 12.6. The number of furan rings is 1. The zero-order chi connectivity index (χ0) is 14.9. The highest BCUT2D eigenvalue weighted by atomic mass is 16.4. The second-order valence-corrected chi connectivity index (χ2v) is 5.50. The van der Waals surface area contributed by atoms with E-state index in [4.69, 9.17) is 9.52 Å². The average molecular weight is 279 g/mol. The molecular formula is C15H21NO4.